The van der Waals surface area contributed by atoms with E-state index in [1.807, 2.05) is 25.1 Å². The average molecular weight is 471 g/mol. The van der Waals surface area contributed by atoms with E-state index in [0.717, 1.165) is 39.5 Å². The lowest BCUT2D eigenvalue weighted by Gasteiger charge is -2.17. The van der Waals surface area contributed by atoms with Crippen LogP contribution in [0.5, 0.6) is 5.75 Å². The van der Waals surface area contributed by atoms with Gasteiger partial charge in [-0.2, -0.15) is 0 Å². The van der Waals surface area contributed by atoms with Gasteiger partial charge in [0.15, 0.2) is 5.82 Å². The number of benzene rings is 1. The number of nitrogens with two attached hydrogens (primary N) is 1. The second-order valence-electron chi connectivity index (χ2n) is 8.32. The number of alkyl halides is 1. The SMILES string of the molecule is C=C(NCc1cnc(C(C)(N)F)nc1)c1cc(OC[C@H](C)CC)cc(C(=C)S/C(C)=C\C)c1. The molecule has 0 fully saturated rings. The first-order valence-electron chi connectivity index (χ1n) is 11.0. The predicted molar refractivity (Wildman–Crippen MR) is 138 cm³/mol. The molecule has 178 valence electrons. The van der Waals surface area contributed by atoms with E-state index in [1.165, 1.54) is 11.8 Å². The summed E-state index contributed by atoms with van der Waals surface area (Å²) in [6.45, 7) is 19.1. The smallest absolute Gasteiger partial charge is 0.216 e. The van der Waals surface area contributed by atoms with E-state index in [1.54, 1.807) is 24.2 Å². The van der Waals surface area contributed by atoms with Crippen LogP contribution in [0.15, 0.2) is 54.7 Å². The van der Waals surface area contributed by atoms with Gasteiger partial charge in [0.05, 0.1) is 6.61 Å². The van der Waals surface area contributed by atoms with Crippen LogP contribution in [0.4, 0.5) is 4.39 Å². The number of allylic oxidation sites excluding steroid dienone is 2. The summed E-state index contributed by atoms with van der Waals surface area (Å²) in [5.74, 6) is -0.867. The van der Waals surface area contributed by atoms with Gasteiger partial charge in [0, 0.05) is 40.7 Å². The Morgan fingerprint density at radius 1 is 1.27 bits per heavy atom. The highest BCUT2D eigenvalue weighted by atomic mass is 32.2. The first-order chi connectivity index (χ1) is 15.5. The van der Waals surface area contributed by atoms with Crippen LogP contribution in [-0.4, -0.2) is 16.6 Å². The zero-order valence-corrected chi connectivity index (χ0v) is 21.1. The molecule has 2 rings (SSSR count). The summed E-state index contributed by atoms with van der Waals surface area (Å²) >= 11 is 1.63. The molecule has 0 aliphatic carbocycles. The van der Waals surface area contributed by atoms with Crippen molar-refractivity contribution in [3.63, 3.8) is 0 Å². The molecule has 1 unspecified atom stereocenters. The number of halogens is 1. The number of ether oxygens (including phenoxy) is 1. The van der Waals surface area contributed by atoms with Crippen LogP contribution >= 0.6 is 11.8 Å². The maximum Gasteiger partial charge on any atom is 0.216 e. The third kappa shape index (κ3) is 8.33. The van der Waals surface area contributed by atoms with Crippen molar-refractivity contribution >= 4 is 22.4 Å². The summed E-state index contributed by atoms with van der Waals surface area (Å²) in [6, 6.07) is 6.04. The van der Waals surface area contributed by atoms with Crippen LogP contribution in [0.1, 0.15) is 63.6 Å². The summed E-state index contributed by atoms with van der Waals surface area (Å²) in [5, 5.41) is 3.29. The van der Waals surface area contributed by atoms with Gasteiger partial charge in [0.1, 0.15) is 5.75 Å². The number of nitrogens with zero attached hydrogens (tertiary/aromatic N) is 2. The predicted octanol–water partition coefficient (Wildman–Crippen LogP) is 6.39. The number of hydrogen-bond donors (Lipinski definition) is 2. The minimum atomic E-state index is -2.06. The van der Waals surface area contributed by atoms with Crippen LogP contribution in [0.2, 0.25) is 0 Å². The van der Waals surface area contributed by atoms with Gasteiger partial charge in [-0.1, -0.05) is 51.3 Å². The summed E-state index contributed by atoms with van der Waals surface area (Å²) in [6.07, 6.45) is 6.23. The van der Waals surface area contributed by atoms with Gasteiger partial charge in [-0.05, 0) is 55.4 Å². The first kappa shape index (κ1) is 26.6. The van der Waals surface area contributed by atoms with Crippen molar-refractivity contribution < 1.29 is 9.13 Å². The number of thioether (sulfide) groups is 1. The van der Waals surface area contributed by atoms with E-state index < -0.39 is 5.79 Å². The molecule has 2 atom stereocenters. The Hall–Kier alpha value is -2.64. The molecule has 33 heavy (non-hydrogen) atoms. The van der Waals surface area contributed by atoms with Gasteiger partial charge in [-0.15, -0.1) is 0 Å². The lowest BCUT2D eigenvalue weighted by molar-refractivity contribution is 0.188. The summed E-state index contributed by atoms with van der Waals surface area (Å²) < 4.78 is 19.8. The zero-order valence-electron chi connectivity index (χ0n) is 20.2. The normalized spacial score (nSPS) is 14.3. The molecule has 1 aromatic heterocycles. The van der Waals surface area contributed by atoms with E-state index in [2.05, 4.69) is 55.3 Å². The van der Waals surface area contributed by atoms with E-state index in [0.29, 0.717) is 19.1 Å². The van der Waals surface area contributed by atoms with Crippen LogP contribution in [0.3, 0.4) is 0 Å². The highest BCUT2D eigenvalue weighted by Gasteiger charge is 2.22. The average Bonchev–Trinajstić information content (AvgIpc) is 2.80. The highest BCUT2D eigenvalue weighted by Crippen LogP contribution is 2.35. The minimum absolute atomic E-state index is 0.0479. The molecule has 2 aromatic rings. The Balaban J connectivity index is 2.20. The molecule has 0 saturated carbocycles. The highest BCUT2D eigenvalue weighted by molar-refractivity contribution is 8.11. The van der Waals surface area contributed by atoms with Crippen molar-refractivity contribution in [2.75, 3.05) is 6.61 Å². The topological polar surface area (TPSA) is 73.1 Å². The minimum Gasteiger partial charge on any atom is -0.493 e. The molecule has 0 radical (unpaired) electrons. The maximum atomic E-state index is 13.8. The molecule has 0 saturated heterocycles. The first-order valence-corrected chi connectivity index (χ1v) is 11.8. The lowest BCUT2D eigenvalue weighted by atomic mass is 10.1. The van der Waals surface area contributed by atoms with Crippen molar-refractivity contribution in [3.8, 4) is 5.75 Å². The second kappa shape index (κ2) is 12.0. The Bertz CT molecular complexity index is 996. The van der Waals surface area contributed by atoms with Gasteiger partial charge in [-0.25, -0.2) is 14.4 Å². The van der Waals surface area contributed by atoms with Gasteiger partial charge < -0.3 is 10.1 Å². The van der Waals surface area contributed by atoms with Crippen molar-refractivity contribution in [1.29, 1.82) is 0 Å². The van der Waals surface area contributed by atoms with Crippen molar-refractivity contribution in [3.05, 3.63) is 77.2 Å². The van der Waals surface area contributed by atoms with E-state index in [-0.39, 0.29) is 5.82 Å². The molecule has 0 aliphatic heterocycles. The summed E-state index contributed by atoms with van der Waals surface area (Å²) in [4.78, 5) is 10.1. The van der Waals surface area contributed by atoms with Crippen LogP contribution < -0.4 is 15.8 Å². The Labute approximate surface area is 201 Å². The number of aromatic nitrogens is 2. The third-order valence-corrected chi connectivity index (χ3v) is 6.19. The molecule has 7 heteroatoms. The standard InChI is InChI=1S/C26H35FN4OS/c1-8-17(3)16-32-24-11-22(10-23(12-24)20(6)33-18(4)9-2)19(5)29-13-21-14-30-25(31-15-21)26(7,27)28/h9-12,14-15,17,29H,5-6,8,13,16,28H2,1-4,7H3/b18-9-/t17-,26?/m1/s1. The third-order valence-electron chi connectivity index (χ3n) is 5.15. The van der Waals surface area contributed by atoms with Gasteiger partial charge in [0.2, 0.25) is 5.79 Å². The van der Waals surface area contributed by atoms with E-state index in [4.69, 9.17) is 10.5 Å². The maximum absolute atomic E-state index is 13.8. The summed E-state index contributed by atoms with van der Waals surface area (Å²) in [7, 11) is 0. The number of hydrogen-bond acceptors (Lipinski definition) is 6. The number of nitrogens with one attached hydrogen (secondary N) is 1. The second-order valence-corrected chi connectivity index (χ2v) is 9.66. The van der Waals surface area contributed by atoms with Gasteiger partial charge in [-0.3, -0.25) is 5.73 Å². The lowest BCUT2D eigenvalue weighted by Crippen LogP contribution is -2.29. The molecule has 0 bridgehead atoms. The van der Waals surface area contributed by atoms with Crippen molar-refractivity contribution in [2.45, 2.75) is 53.4 Å². The van der Waals surface area contributed by atoms with E-state index >= 15 is 0 Å². The Kier molecular flexibility index (Phi) is 9.68. The van der Waals surface area contributed by atoms with Crippen LogP contribution in [0.25, 0.3) is 10.6 Å². The molecule has 5 nitrogen and oxygen atoms in total. The fourth-order valence-electron chi connectivity index (χ4n) is 2.70. The fraction of sp³-hybridized carbons (Fsp3) is 0.385. The summed E-state index contributed by atoms with van der Waals surface area (Å²) in [5.41, 5.74) is 8.81. The van der Waals surface area contributed by atoms with Crippen molar-refractivity contribution in [2.24, 2.45) is 11.7 Å². The monoisotopic (exact) mass is 470 g/mol. The van der Waals surface area contributed by atoms with Crippen LogP contribution in [0, 0.1) is 5.92 Å². The largest absolute Gasteiger partial charge is 0.493 e. The molecule has 0 spiro atoms. The number of rotatable bonds is 12. The zero-order chi connectivity index (χ0) is 24.6. The fourth-order valence-corrected chi connectivity index (χ4v) is 3.44. The molecule has 1 aromatic carbocycles. The Morgan fingerprint density at radius 3 is 2.48 bits per heavy atom. The molecule has 0 amide bonds. The molecule has 0 aliphatic rings. The quantitative estimate of drug-likeness (QED) is 0.350. The van der Waals surface area contributed by atoms with E-state index in [9.17, 15) is 4.39 Å². The molecule has 3 N–H and O–H groups in total. The molecular formula is C26H35FN4OS. The van der Waals surface area contributed by atoms with Gasteiger partial charge in [0.25, 0.3) is 0 Å². The molecule has 1 heterocycles. The van der Waals surface area contributed by atoms with Gasteiger partial charge >= 0.3 is 0 Å². The molecular weight excluding hydrogens is 435 g/mol. The van der Waals surface area contributed by atoms with Crippen LogP contribution in [-0.2, 0) is 12.3 Å². The Morgan fingerprint density at radius 2 is 1.91 bits per heavy atom. The van der Waals surface area contributed by atoms with Crippen molar-refractivity contribution in [1.82, 2.24) is 15.3 Å².